The largest absolute Gasteiger partial charge is 0.396 e. The van der Waals surface area contributed by atoms with Crippen LogP contribution in [0.2, 0.25) is 0 Å². The highest BCUT2D eigenvalue weighted by molar-refractivity contribution is 5.96. The van der Waals surface area contributed by atoms with E-state index in [-0.39, 0.29) is 5.91 Å². The van der Waals surface area contributed by atoms with Gasteiger partial charge >= 0.3 is 0 Å². The summed E-state index contributed by atoms with van der Waals surface area (Å²) in [5.41, 5.74) is 6.44. The van der Waals surface area contributed by atoms with E-state index in [0.717, 1.165) is 19.3 Å². The van der Waals surface area contributed by atoms with Crippen molar-refractivity contribution >= 4 is 11.6 Å². The number of carbonyl (C=O) groups is 1. The van der Waals surface area contributed by atoms with E-state index >= 15 is 0 Å². The van der Waals surface area contributed by atoms with E-state index in [4.69, 9.17) is 5.73 Å². The van der Waals surface area contributed by atoms with E-state index in [0.29, 0.717) is 23.8 Å². The molecule has 1 amide bonds. The first-order chi connectivity index (χ1) is 8.16. The van der Waals surface area contributed by atoms with Gasteiger partial charge < -0.3 is 11.1 Å². The maximum Gasteiger partial charge on any atom is 0.273 e. The van der Waals surface area contributed by atoms with E-state index in [1.165, 1.54) is 0 Å². The molecule has 0 aliphatic heterocycles. The Balaban J connectivity index is 1.89. The number of nitrogens with one attached hydrogen (secondary N) is 1. The third kappa shape index (κ3) is 2.87. The molecule has 5 heteroatoms. The van der Waals surface area contributed by atoms with Crippen LogP contribution in [0.3, 0.4) is 0 Å². The van der Waals surface area contributed by atoms with Crippen LogP contribution in [0.1, 0.15) is 29.8 Å². The van der Waals surface area contributed by atoms with E-state index < -0.39 is 0 Å². The normalized spacial score (nSPS) is 19.2. The number of rotatable bonds is 3. The fourth-order valence-electron chi connectivity index (χ4n) is 2.05. The monoisotopic (exact) mass is 234 g/mol. The first kappa shape index (κ1) is 11.7. The summed E-state index contributed by atoms with van der Waals surface area (Å²) in [6.07, 6.45) is 9.28. The molecular formula is C12H18N4O. The van der Waals surface area contributed by atoms with E-state index in [1.807, 2.05) is 0 Å². The van der Waals surface area contributed by atoms with Crippen LogP contribution in [-0.4, -0.2) is 22.2 Å². The molecule has 0 fully saturated rings. The molecule has 1 aromatic heterocycles. The fourth-order valence-corrected chi connectivity index (χ4v) is 2.05. The number of nitrogen functional groups attached to an aromatic ring is 1. The topological polar surface area (TPSA) is 72.9 Å². The summed E-state index contributed by atoms with van der Waals surface area (Å²) in [6.45, 7) is 0.694. The van der Waals surface area contributed by atoms with Crippen LogP contribution >= 0.6 is 0 Å². The average molecular weight is 234 g/mol. The Morgan fingerprint density at radius 3 is 3.06 bits per heavy atom. The molecule has 1 atom stereocenters. The number of aromatic nitrogens is 2. The van der Waals surface area contributed by atoms with Gasteiger partial charge in [0, 0.05) is 19.8 Å². The summed E-state index contributed by atoms with van der Waals surface area (Å²) in [6, 6.07) is 0. The second-order valence-corrected chi connectivity index (χ2v) is 4.47. The lowest BCUT2D eigenvalue weighted by Crippen LogP contribution is -2.30. The van der Waals surface area contributed by atoms with Crippen molar-refractivity contribution in [1.29, 1.82) is 0 Å². The van der Waals surface area contributed by atoms with Crippen LogP contribution in [-0.2, 0) is 7.05 Å². The van der Waals surface area contributed by atoms with E-state index in [2.05, 4.69) is 22.6 Å². The summed E-state index contributed by atoms with van der Waals surface area (Å²) in [4.78, 5) is 11.8. The van der Waals surface area contributed by atoms with Crippen molar-refractivity contribution in [1.82, 2.24) is 15.1 Å². The third-order valence-electron chi connectivity index (χ3n) is 3.00. The highest BCUT2D eigenvalue weighted by Crippen LogP contribution is 2.17. The maximum atomic E-state index is 11.8. The van der Waals surface area contributed by atoms with Crippen molar-refractivity contribution in [3.63, 3.8) is 0 Å². The van der Waals surface area contributed by atoms with Gasteiger partial charge in [-0.05, 0) is 25.2 Å². The van der Waals surface area contributed by atoms with Gasteiger partial charge in [-0.1, -0.05) is 12.2 Å². The molecule has 92 valence electrons. The standard InChI is InChI=1S/C12H18N4O/c1-16-8-10(13)11(15-16)12(17)14-7-9-5-3-2-4-6-9/h2-3,8-9H,4-7,13H2,1H3,(H,14,17). The molecule has 1 heterocycles. The van der Waals surface area contributed by atoms with Crippen molar-refractivity contribution in [2.24, 2.45) is 13.0 Å². The minimum Gasteiger partial charge on any atom is -0.396 e. The van der Waals surface area contributed by atoms with Crippen LogP contribution < -0.4 is 11.1 Å². The third-order valence-corrected chi connectivity index (χ3v) is 3.00. The van der Waals surface area contributed by atoms with Gasteiger partial charge in [0.2, 0.25) is 0 Å². The second kappa shape index (κ2) is 5.03. The number of hydrogen-bond acceptors (Lipinski definition) is 3. The van der Waals surface area contributed by atoms with Gasteiger partial charge in [-0.15, -0.1) is 0 Å². The van der Waals surface area contributed by atoms with Gasteiger partial charge in [0.1, 0.15) is 0 Å². The molecule has 0 radical (unpaired) electrons. The quantitative estimate of drug-likeness (QED) is 0.769. The van der Waals surface area contributed by atoms with Crippen LogP contribution in [0.5, 0.6) is 0 Å². The number of aryl methyl sites for hydroxylation is 1. The van der Waals surface area contributed by atoms with Gasteiger partial charge in [0.05, 0.1) is 5.69 Å². The number of hydrogen-bond donors (Lipinski definition) is 2. The number of anilines is 1. The fraction of sp³-hybridized carbons (Fsp3) is 0.500. The Kier molecular flexibility index (Phi) is 3.46. The average Bonchev–Trinajstić information content (AvgIpc) is 2.67. The van der Waals surface area contributed by atoms with Gasteiger partial charge in [-0.25, -0.2) is 0 Å². The summed E-state index contributed by atoms with van der Waals surface area (Å²) >= 11 is 0. The molecule has 3 N–H and O–H groups in total. The SMILES string of the molecule is Cn1cc(N)c(C(=O)NCC2CC=CCC2)n1. The second-order valence-electron chi connectivity index (χ2n) is 4.47. The predicted molar refractivity (Wildman–Crippen MR) is 66.4 cm³/mol. The summed E-state index contributed by atoms with van der Waals surface area (Å²) in [5.74, 6) is 0.353. The molecule has 5 nitrogen and oxygen atoms in total. The minimum atomic E-state index is -0.183. The number of nitrogens with two attached hydrogens (primary N) is 1. The Morgan fingerprint density at radius 1 is 1.65 bits per heavy atom. The van der Waals surface area contributed by atoms with Gasteiger partial charge in [-0.3, -0.25) is 9.48 Å². The minimum absolute atomic E-state index is 0.183. The number of allylic oxidation sites excluding steroid dienone is 2. The van der Waals surface area contributed by atoms with Crippen LogP contribution in [0.25, 0.3) is 0 Å². The first-order valence-corrected chi connectivity index (χ1v) is 5.89. The molecule has 0 saturated heterocycles. The molecule has 1 aromatic rings. The van der Waals surface area contributed by atoms with Crippen LogP contribution in [0.4, 0.5) is 5.69 Å². The Morgan fingerprint density at radius 2 is 2.47 bits per heavy atom. The Labute approximate surface area is 101 Å². The van der Waals surface area contributed by atoms with Gasteiger partial charge in [0.15, 0.2) is 5.69 Å². The molecule has 1 aliphatic rings. The molecule has 0 saturated carbocycles. The van der Waals surface area contributed by atoms with Crippen LogP contribution in [0.15, 0.2) is 18.3 Å². The summed E-state index contributed by atoms with van der Waals surface area (Å²) in [5, 5.41) is 6.93. The number of nitrogens with zero attached hydrogens (tertiary/aromatic N) is 2. The zero-order valence-corrected chi connectivity index (χ0v) is 10.0. The van der Waals surface area contributed by atoms with Crippen LogP contribution in [0, 0.1) is 5.92 Å². The molecule has 1 unspecified atom stereocenters. The van der Waals surface area contributed by atoms with Gasteiger partial charge in [-0.2, -0.15) is 5.10 Å². The van der Waals surface area contributed by atoms with Crippen molar-refractivity contribution in [2.45, 2.75) is 19.3 Å². The molecule has 0 spiro atoms. The molecule has 0 bridgehead atoms. The van der Waals surface area contributed by atoms with Crippen molar-refractivity contribution in [3.05, 3.63) is 24.0 Å². The van der Waals surface area contributed by atoms with Crippen molar-refractivity contribution in [3.8, 4) is 0 Å². The molecular weight excluding hydrogens is 216 g/mol. The predicted octanol–water partition coefficient (Wildman–Crippen LogP) is 1.09. The zero-order valence-electron chi connectivity index (χ0n) is 10.0. The molecule has 2 rings (SSSR count). The lowest BCUT2D eigenvalue weighted by molar-refractivity contribution is 0.0941. The van der Waals surface area contributed by atoms with Crippen molar-refractivity contribution in [2.75, 3.05) is 12.3 Å². The first-order valence-electron chi connectivity index (χ1n) is 5.89. The Hall–Kier alpha value is -1.78. The van der Waals surface area contributed by atoms with E-state index in [9.17, 15) is 4.79 Å². The molecule has 17 heavy (non-hydrogen) atoms. The van der Waals surface area contributed by atoms with Crippen molar-refractivity contribution < 1.29 is 4.79 Å². The lowest BCUT2D eigenvalue weighted by atomic mass is 9.94. The smallest absolute Gasteiger partial charge is 0.273 e. The highest BCUT2D eigenvalue weighted by atomic mass is 16.1. The number of amides is 1. The van der Waals surface area contributed by atoms with Gasteiger partial charge in [0.25, 0.3) is 5.91 Å². The molecule has 1 aliphatic carbocycles. The zero-order chi connectivity index (χ0) is 12.3. The van der Waals surface area contributed by atoms with E-state index in [1.54, 1.807) is 17.9 Å². The lowest BCUT2D eigenvalue weighted by Gasteiger charge is -2.17. The Bertz CT molecular complexity index is 436. The highest BCUT2D eigenvalue weighted by Gasteiger charge is 2.16. The number of carbonyl (C=O) groups excluding carboxylic acids is 1. The summed E-state index contributed by atoms with van der Waals surface area (Å²) in [7, 11) is 1.75. The maximum absolute atomic E-state index is 11.8. The molecule has 0 aromatic carbocycles. The summed E-state index contributed by atoms with van der Waals surface area (Å²) < 4.78 is 1.55.